The maximum atomic E-state index is 12.6. The van der Waals surface area contributed by atoms with Crippen molar-refractivity contribution in [1.29, 1.82) is 0 Å². The molecule has 0 unspecified atom stereocenters. The number of carbonyl (C=O) groups is 1. The summed E-state index contributed by atoms with van der Waals surface area (Å²) in [5.41, 5.74) is 10.1. The lowest BCUT2D eigenvalue weighted by atomic mass is 9.87. The predicted octanol–water partition coefficient (Wildman–Crippen LogP) is 8.87. The van der Waals surface area contributed by atoms with Crippen LogP contribution >= 0.6 is 0 Å². The van der Waals surface area contributed by atoms with Crippen LogP contribution in [0.1, 0.15) is 61.4 Å². The summed E-state index contributed by atoms with van der Waals surface area (Å²) in [6.07, 6.45) is 6.08. The van der Waals surface area contributed by atoms with Crippen molar-refractivity contribution in [3.8, 4) is 5.75 Å². The van der Waals surface area contributed by atoms with E-state index in [1.165, 1.54) is 47.6 Å². The van der Waals surface area contributed by atoms with Crippen LogP contribution in [0, 0.1) is 18.6 Å². The molecule has 0 heterocycles. The maximum absolute atomic E-state index is 12.6. The van der Waals surface area contributed by atoms with Gasteiger partial charge in [-0.25, -0.2) is 8.78 Å². The van der Waals surface area contributed by atoms with Gasteiger partial charge >= 0.3 is 0 Å². The Morgan fingerprint density at radius 3 is 2.21 bits per heavy atom. The molecule has 3 aromatic carbocycles. The Hall–Kier alpha value is -3.99. The second-order valence-corrected chi connectivity index (χ2v) is 9.44. The first-order valence-corrected chi connectivity index (χ1v) is 13.3. The molecule has 1 aliphatic carbocycles. The summed E-state index contributed by atoms with van der Waals surface area (Å²) < 4.78 is 30.6. The van der Waals surface area contributed by atoms with Gasteiger partial charge in [-0.05, 0) is 109 Å². The molecule has 0 fully saturated rings. The molecular weight excluding hydrogens is 492 g/mol. The highest BCUT2D eigenvalue weighted by Crippen LogP contribution is 2.36. The lowest BCUT2D eigenvalue weighted by Crippen LogP contribution is -2.09. The van der Waals surface area contributed by atoms with E-state index in [4.69, 9.17) is 4.74 Å². The van der Waals surface area contributed by atoms with Gasteiger partial charge in [0.2, 0.25) is 5.91 Å². The van der Waals surface area contributed by atoms with Gasteiger partial charge in [-0.15, -0.1) is 0 Å². The summed E-state index contributed by atoms with van der Waals surface area (Å²) in [6, 6.07) is 16.1. The standard InChI is InChI=1S/C25H28O.C9H9F2NO/c1-6-24(18(4)20-11-13-23(14-12-20)26-7-2)19(5)25-16-22-10-8-9-21(22)15-17(25)3;1-2-9(13)12-6-3-4-7(10)8(11)5-6/h6,11-16H,4-5,7-10H2,1-3H3;3-5H,2H2,1H3,(H,12,13)/b24-6-;. The van der Waals surface area contributed by atoms with Gasteiger partial charge in [0.1, 0.15) is 5.75 Å². The number of aryl methyl sites for hydroxylation is 3. The molecule has 0 bridgehead atoms. The van der Waals surface area contributed by atoms with E-state index in [0.29, 0.717) is 13.0 Å². The first-order chi connectivity index (χ1) is 18.7. The number of hydrogen-bond donors (Lipinski definition) is 1. The average molecular weight is 530 g/mol. The smallest absolute Gasteiger partial charge is 0.224 e. The Morgan fingerprint density at radius 1 is 0.949 bits per heavy atom. The predicted molar refractivity (Wildman–Crippen MR) is 158 cm³/mol. The fourth-order valence-electron chi connectivity index (χ4n) is 4.65. The van der Waals surface area contributed by atoms with Crippen molar-refractivity contribution in [2.45, 2.75) is 53.4 Å². The maximum Gasteiger partial charge on any atom is 0.224 e. The van der Waals surface area contributed by atoms with Crippen LogP contribution in [0.15, 0.2) is 79.4 Å². The molecule has 0 saturated heterocycles. The number of amides is 1. The van der Waals surface area contributed by atoms with Gasteiger partial charge in [0, 0.05) is 18.2 Å². The van der Waals surface area contributed by atoms with E-state index in [1.807, 2.05) is 19.1 Å². The Morgan fingerprint density at radius 2 is 1.62 bits per heavy atom. The number of carbonyl (C=O) groups excluding carboxylic acids is 1. The van der Waals surface area contributed by atoms with Crippen LogP contribution in [0.3, 0.4) is 0 Å². The highest BCUT2D eigenvalue weighted by molar-refractivity contribution is 5.97. The first kappa shape index (κ1) is 29.6. The van der Waals surface area contributed by atoms with Crippen LogP contribution in [-0.4, -0.2) is 12.5 Å². The van der Waals surface area contributed by atoms with E-state index < -0.39 is 11.6 Å². The monoisotopic (exact) mass is 529 g/mol. The van der Waals surface area contributed by atoms with Gasteiger partial charge in [0.25, 0.3) is 0 Å². The van der Waals surface area contributed by atoms with Gasteiger partial charge in [-0.3, -0.25) is 4.79 Å². The third-order valence-corrected chi connectivity index (χ3v) is 6.74. The Bertz CT molecular complexity index is 1390. The van der Waals surface area contributed by atoms with Gasteiger partial charge in [-0.2, -0.15) is 0 Å². The normalized spacial score (nSPS) is 12.2. The SMILES string of the molecule is C=C(/C(=C/C)C(=C)c1cc2c(cc1C)CCC2)c1ccc(OCC)cc1.CCC(=O)Nc1ccc(F)c(F)c1. The van der Waals surface area contributed by atoms with E-state index in [9.17, 15) is 13.6 Å². The van der Waals surface area contributed by atoms with Crippen LogP contribution in [0.25, 0.3) is 11.1 Å². The van der Waals surface area contributed by atoms with E-state index in [1.54, 1.807) is 6.92 Å². The molecule has 204 valence electrons. The van der Waals surface area contributed by atoms with Crippen molar-refractivity contribution in [3.05, 3.63) is 119 Å². The fourth-order valence-corrected chi connectivity index (χ4v) is 4.65. The summed E-state index contributed by atoms with van der Waals surface area (Å²) >= 11 is 0. The lowest BCUT2D eigenvalue weighted by Gasteiger charge is -2.18. The number of halogens is 2. The molecule has 0 atom stereocenters. The van der Waals surface area contributed by atoms with Gasteiger partial charge in [-0.1, -0.05) is 50.4 Å². The average Bonchev–Trinajstić information content (AvgIpc) is 3.38. The zero-order valence-electron chi connectivity index (χ0n) is 23.3. The highest BCUT2D eigenvalue weighted by Gasteiger charge is 2.17. The van der Waals surface area contributed by atoms with E-state index in [-0.39, 0.29) is 11.6 Å². The molecule has 4 rings (SSSR count). The fraction of sp³-hybridized carbons (Fsp3) is 0.265. The molecule has 3 nitrogen and oxygen atoms in total. The number of allylic oxidation sites excluding steroid dienone is 4. The third-order valence-electron chi connectivity index (χ3n) is 6.74. The Kier molecular flexibility index (Phi) is 10.4. The molecule has 5 heteroatoms. The van der Waals surface area contributed by atoms with Crippen molar-refractivity contribution in [2.24, 2.45) is 0 Å². The molecule has 1 N–H and O–H groups in total. The Balaban J connectivity index is 0.000000272. The quantitative estimate of drug-likeness (QED) is 0.296. The largest absolute Gasteiger partial charge is 0.494 e. The molecular formula is C34H37F2NO2. The minimum absolute atomic E-state index is 0.231. The summed E-state index contributed by atoms with van der Waals surface area (Å²) in [5.74, 6) is -1.23. The lowest BCUT2D eigenvalue weighted by molar-refractivity contribution is -0.115. The molecule has 0 spiro atoms. The van der Waals surface area contributed by atoms with Crippen LogP contribution < -0.4 is 10.1 Å². The molecule has 1 amide bonds. The second-order valence-electron chi connectivity index (χ2n) is 9.44. The molecule has 0 saturated carbocycles. The topological polar surface area (TPSA) is 38.3 Å². The summed E-state index contributed by atoms with van der Waals surface area (Å²) in [6.45, 7) is 17.4. The minimum atomic E-state index is -0.964. The first-order valence-electron chi connectivity index (χ1n) is 13.3. The highest BCUT2D eigenvalue weighted by atomic mass is 19.2. The molecule has 39 heavy (non-hydrogen) atoms. The van der Waals surface area contributed by atoms with Crippen molar-refractivity contribution < 1.29 is 18.3 Å². The number of fused-ring (bicyclic) bond motifs is 1. The van der Waals surface area contributed by atoms with Crippen LogP contribution in [-0.2, 0) is 17.6 Å². The summed E-state index contributed by atoms with van der Waals surface area (Å²) in [4.78, 5) is 10.9. The number of rotatable bonds is 8. The van der Waals surface area contributed by atoms with E-state index in [0.717, 1.165) is 40.2 Å². The van der Waals surface area contributed by atoms with Crippen molar-refractivity contribution in [2.75, 3.05) is 11.9 Å². The molecule has 0 radical (unpaired) electrons. The van der Waals surface area contributed by atoms with Crippen LogP contribution in [0.2, 0.25) is 0 Å². The zero-order chi connectivity index (χ0) is 28.5. The van der Waals surface area contributed by atoms with E-state index in [2.05, 4.69) is 62.7 Å². The zero-order valence-corrected chi connectivity index (χ0v) is 23.3. The van der Waals surface area contributed by atoms with Gasteiger partial charge < -0.3 is 10.1 Å². The minimum Gasteiger partial charge on any atom is -0.494 e. The molecule has 1 aliphatic rings. The number of nitrogens with one attached hydrogen (secondary N) is 1. The van der Waals surface area contributed by atoms with Crippen molar-refractivity contribution in [1.82, 2.24) is 0 Å². The van der Waals surface area contributed by atoms with E-state index >= 15 is 0 Å². The van der Waals surface area contributed by atoms with Gasteiger partial charge in [0.15, 0.2) is 11.6 Å². The van der Waals surface area contributed by atoms with Crippen LogP contribution in [0.4, 0.5) is 14.5 Å². The van der Waals surface area contributed by atoms with Gasteiger partial charge in [0.05, 0.1) is 6.61 Å². The summed E-state index contributed by atoms with van der Waals surface area (Å²) in [7, 11) is 0. The molecule has 0 aromatic heterocycles. The number of hydrogen-bond acceptors (Lipinski definition) is 2. The third kappa shape index (κ3) is 7.53. The van der Waals surface area contributed by atoms with Crippen molar-refractivity contribution in [3.63, 3.8) is 0 Å². The number of benzene rings is 3. The number of anilines is 1. The van der Waals surface area contributed by atoms with Crippen molar-refractivity contribution >= 4 is 22.7 Å². The molecule has 0 aliphatic heterocycles. The number of ether oxygens (including phenoxy) is 1. The summed E-state index contributed by atoms with van der Waals surface area (Å²) in [5, 5.41) is 2.41. The van der Waals surface area contributed by atoms with Crippen LogP contribution in [0.5, 0.6) is 5.75 Å². The Labute approximate surface area is 230 Å². The second kappa shape index (κ2) is 13.7. The molecule has 3 aromatic rings.